The molecule has 3 aromatic rings. The van der Waals surface area contributed by atoms with E-state index in [1.54, 1.807) is 0 Å². The first kappa shape index (κ1) is 23.5. The normalized spacial score (nSPS) is 15.6. The van der Waals surface area contributed by atoms with Crippen LogP contribution in [0.2, 0.25) is 0 Å². The maximum atomic E-state index is 4.75. The number of aromatic nitrogens is 3. The lowest BCUT2D eigenvalue weighted by molar-refractivity contribution is 0.196. The molecule has 166 valence electrons. The maximum Gasteiger partial charge on any atom is 0.191 e. The van der Waals surface area contributed by atoms with Crippen molar-refractivity contribution < 1.29 is 0 Å². The SMILES string of the molecule is CN=C(NCCc1cn2cccc(C)c2n1)NC1CCN(Cc2ccccn2)CC1.I. The van der Waals surface area contributed by atoms with Crippen molar-refractivity contribution in [2.45, 2.75) is 38.8 Å². The lowest BCUT2D eigenvalue weighted by atomic mass is 10.0. The highest BCUT2D eigenvalue weighted by atomic mass is 127. The van der Waals surface area contributed by atoms with E-state index in [1.165, 1.54) is 5.56 Å². The Morgan fingerprint density at radius 3 is 2.71 bits per heavy atom. The van der Waals surface area contributed by atoms with Gasteiger partial charge < -0.3 is 15.0 Å². The van der Waals surface area contributed by atoms with Crippen molar-refractivity contribution in [2.75, 3.05) is 26.7 Å². The summed E-state index contributed by atoms with van der Waals surface area (Å²) in [5, 5.41) is 7.02. The van der Waals surface area contributed by atoms with E-state index in [4.69, 9.17) is 4.98 Å². The smallest absolute Gasteiger partial charge is 0.191 e. The fraction of sp³-hybridized carbons (Fsp3) is 0.435. The van der Waals surface area contributed by atoms with Crippen LogP contribution in [0.3, 0.4) is 0 Å². The molecule has 7 nitrogen and oxygen atoms in total. The Balaban J connectivity index is 0.00000272. The van der Waals surface area contributed by atoms with E-state index in [1.807, 2.05) is 25.5 Å². The van der Waals surface area contributed by atoms with E-state index in [0.29, 0.717) is 6.04 Å². The molecule has 4 heterocycles. The predicted octanol–water partition coefficient (Wildman–Crippen LogP) is 3.03. The minimum Gasteiger partial charge on any atom is -0.356 e. The van der Waals surface area contributed by atoms with E-state index in [0.717, 1.165) is 68.4 Å². The van der Waals surface area contributed by atoms with Gasteiger partial charge in [0.05, 0.1) is 11.4 Å². The molecule has 1 aliphatic heterocycles. The number of nitrogens with zero attached hydrogens (tertiary/aromatic N) is 5. The van der Waals surface area contributed by atoms with E-state index in [2.05, 4.69) is 67.3 Å². The zero-order chi connectivity index (χ0) is 20.8. The van der Waals surface area contributed by atoms with Crippen molar-refractivity contribution in [3.63, 3.8) is 0 Å². The minimum atomic E-state index is 0. The number of piperidine rings is 1. The Hall–Kier alpha value is -2.20. The number of guanidine groups is 1. The second-order valence-electron chi connectivity index (χ2n) is 7.92. The summed E-state index contributed by atoms with van der Waals surface area (Å²) in [4.78, 5) is 16.1. The summed E-state index contributed by atoms with van der Waals surface area (Å²) in [6.07, 6.45) is 9.11. The van der Waals surface area contributed by atoms with E-state index in [-0.39, 0.29) is 24.0 Å². The minimum absolute atomic E-state index is 0. The topological polar surface area (TPSA) is 69.8 Å². The molecule has 0 aliphatic carbocycles. The molecule has 0 atom stereocenters. The third kappa shape index (κ3) is 6.39. The number of halogens is 1. The summed E-state index contributed by atoms with van der Waals surface area (Å²) in [5.74, 6) is 0.873. The van der Waals surface area contributed by atoms with E-state index in [9.17, 15) is 0 Å². The third-order valence-electron chi connectivity index (χ3n) is 5.67. The number of likely N-dealkylation sites (tertiary alicyclic amines) is 1. The van der Waals surface area contributed by atoms with Crippen LogP contribution in [0.25, 0.3) is 5.65 Å². The van der Waals surface area contributed by atoms with Gasteiger partial charge in [0.1, 0.15) is 5.65 Å². The molecule has 0 spiro atoms. The van der Waals surface area contributed by atoms with Crippen LogP contribution in [0.5, 0.6) is 0 Å². The van der Waals surface area contributed by atoms with Gasteiger partial charge in [-0.15, -0.1) is 24.0 Å². The first-order valence-electron chi connectivity index (χ1n) is 10.7. The highest BCUT2D eigenvalue weighted by Gasteiger charge is 2.20. The van der Waals surface area contributed by atoms with Gasteiger partial charge in [-0.1, -0.05) is 12.1 Å². The molecular weight excluding hydrogens is 501 g/mol. The van der Waals surface area contributed by atoms with Gasteiger partial charge in [-0.2, -0.15) is 0 Å². The molecule has 1 aliphatic rings. The summed E-state index contributed by atoms with van der Waals surface area (Å²) in [5.41, 5.74) is 4.47. The summed E-state index contributed by atoms with van der Waals surface area (Å²) in [6.45, 7) is 5.98. The van der Waals surface area contributed by atoms with Crippen LogP contribution >= 0.6 is 24.0 Å². The summed E-state index contributed by atoms with van der Waals surface area (Å²) in [7, 11) is 1.83. The Morgan fingerprint density at radius 1 is 1.16 bits per heavy atom. The molecule has 0 unspecified atom stereocenters. The van der Waals surface area contributed by atoms with Gasteiger partial charge in [0.15, 0.2) is 5.96 Å². The number of rotatable bonds is 6. The lowest BCUT2D eigenvalue weighted by Crippen LogP contribution is -2.48. The summed E-state index contributed by atoms with van der Waals surface area (Å²) < 4.78 is 2.09. The molecule has 0 aromatic carbocycles. The second-order valence-corrected chi connectivity index (χ2v) is 7.92. The number of fused-ring (bicyclic) bond motifs is 1. The fourth-order valence-corrected chi connectivity index (χ4v) is 3.98. The van der Waals surface area contributed by atoms with Gasteiger partial charge >= 0.3 is 0 Å². The molecule has 0 radical (unpaired) electrons. The number of imidazole rings is 1. The van der Waals surface area contributed by atoms with Crippen molar-refractivity contribution in [1.29, 1.82) is 0 Å². The van der Waals surface area contributed by atoms with Gasteiger partial charge in [-0.05, 0) is 43.5 Å². The lowest BCUT2D eigenvalue weighted by Gasteiger charge is -2.32. The predicted molar refractivity (Wildman–Crippen MR) is 136 cm³/mol. The van der Waals surface area contributed by atoms with Crippen LogP contribution in [0.4, 0.5) is 0 Å². The van der Waals surface area contributed by atoms with Gasteiger partial charge in [0, 0.05) is 64.3 Å². The van der Waals surface area contributed by atoms with Gasteiger partial charge in [-0.25, -0.2) is 4.98 Å². The molecule has 1 fully saturated rings. The highest BCUT2D eigenvalue weighted by molar-refractivity contribution is 14.0. The zero-order valence-corrected chi connectivity index (χ0v) is 20.6. The standard InChI is InChI=1S/C23H31N7.HI/c1-18-6-5-13-30-17-21(27-22(18)30)8-12-26-23(24-2)28-19-9-14-29(15-10-19)16-20-7-3-4-11-25-20;/h3-7,11,13,17,19H,8-10,12,14-16H2,1-2H3,(H2,24,26,28);1H. The molecule has 1 saturated heterocycles. The Morgan fingerprint density at radius 2 is 2.00 bits per heavy atom. The second kappa shape index (κ2) is 11.4. The first-order chi connectivity index (χ1) is 14.7. The van der Waals surface area contributed by atoms with Crippen LogP contribution in [0.1, 0.15) is 29.8 Å². The Labute approximate surface area is 201 Å². The average Bonchev–Trinajstić information content (AvgIpc) is 3.19. The maximum absolute atomic E-state index is 4.75. The molecule has 0 bridgehead atoms. The van der Waals surface area contributed by atoms with Crippen molar-refractivity contribution in [2.24, 2.45) is 4.99 Å². The molecular formula is C23H32IN7. The van der Waals surface area contributed by atoms with Crippen LogP contribution in [-0.4, -0.2) is 58.0 Å². The molecule has 8 heteroatoms. The number of hydrogen-bond acceptors (Lipinski definition) is 4. The van der Waals surface area contributed by atoms with Crippen molar-refractivity contribution in [3.05, 3.63) is 65.9 Å². The number of aryl methyl sites for hydroxylation is 1. The fourth-order valence-electron chi connectivity index (χ4n) is 3.98. The monoisotopic (exact) mass is 533 g/mol. The summed E-state index contributed by atoms with van der Waals surface area (Å²) in [6, 6.07) is 10.7. The molecule has 2 N–H and O–H groups in total. The third-order valence-corrected chi connectivity index (χ3v) is 5.67. The molecule has 0 saturated carbocycles. The van der Waals surface area contributed by atoms with Crippen LogP contribution in [0.15, 0.2) is 53.9 Å². The Kier molecular flexibility index (Phi) is 8.65. The number of nitrogens with one attached hydrogen (secondary N) is 2. The van der Waals surface area contributed by atoms with E-state index >= 15 is 0 Å². The van der Waals surface area contributed by atoms with Gasteiger partial charge in [0.25, 0.3) is 0 Å². The molecule has 31 heavy (non-hydrogen) atoms. The molecule has 0 amide bonds. The average molecular weight is 533 g/mol. The number of pyridine rings is 2. The number of hydrogen-bond donors (Lipinski definition) is 2. The largest absolute Gasteiger partial charge is 0.356 e. The first-order valence-corrected chi connectivity index (χ1v) is 10.7. The van der Waals surface area contributed by atoms with Gasteiger partial charge in [-0.3, -0.25) is 14.9 Å². The molecule has 3 aromatic heterocycles. The Bertz CT molecular complexity index is 978. The summed E-state index contributed by atoms with van der Waals surface area (Å²) >= 11 is 0. The molecule has 4 rings (SSSR count). The van der Waals surface area contributed by atoms with Crippen molar-refractivity contribution >= 4 is 35.6 Å². The van der Waals surface area contributed by atoms with Gasteiger partial charge in [0.2, 0.25) is 0 Å². The van der Waals surface area contributed by atoms with Crippen molar-refractivity contribution in [3.8, 4) is 0 Å². The van der Waals surface area contributed by atoms with Crippen LogP contribution in [0, 0.1) is 6.92 Å². The van der Waals surface area contributed by atoms with E-state index < -0.39 is 0 Å². The van der Waals surface area contributed by atoms with Crippen molar-refractivity contribution in [1.82, 2.24) is 29.9 Å². The quantitative estimate of drug-likeness (QED) is 0.290. The van der Waals surface area contributed by atoms with Crippen LogP contribution in [-0.2, 0) is 13.0 Å². The highest BCUT2D eigenvalue weighted by Crippen LogP contribution is 2.13. The zero-order valence-electron chi connectivity index (χ0n) is 18.3. The van der Waals surface area contributed by atoms with Crippen LogP contribution < -0.4 is 10.6 Å². The number of aliphatic imine (C=N–C) groups is 1.